The van der Waals surface area contributed by atoms with Gasteiger partial charge in [-0.1, -0.05) is 53.8 Å². The molecule has 1 N–H and O–H groups in total. The average Bonchev–Trinajstić information content (AvgIpc) is 3.41. The summed E-state index contributed by atoms with van der Waals surface area (Å²) < 4.78 is 1.17. The number of anilines is 1. The molecule has 1 aliphatic rings. The van der Waals surface area contributed by atoms with Crippen molar-refractivity contribution in [1.82, 2.24) is 14.9 Å². The predicted molar refractivity (Wildman–Crippen MR) is 129 cm³/mol. The Morgan fingerprint density at radius 1 is 1.06 bits per heavy atom. The monoisotopic (exact) mass is 448 g/mol. The minimum atomic E-state index is 0.0407. The summed E-state index contributed by atoms with van der Waals surface area (Å²) in [4.78, 5) is 25.9. The Hall–Kier alpha value is -2.77. The average molecular weight is 449 g/mol. The van der Waals surface area contributed by atoms with E-state index in [4.69, 9.17) is 0 Å². The van der Waals surface area contributed by atoms with Crippen LogP contribution in [0.25, 0.3) is 20.7 Å². The molecule has 31 heavy (non-hydrogen) atoms. The fourth-order valence-corrected chi connectivity index (χ4v) is 5.91. The van der Waals surface area contributed by atoms with Crippen LogP contribution in [-0.2, 0) is 0 Å². The summed E-state index contributed by atoms with van der Waals surface area (Å²) in [6.45, 7) is 3.45. The van der Waals surface area contributed by atoms with Gasteiger partial charge in [-0.2, -0.15) is 0 Å². The van der Waals surface area contributed by atoms with E-state index in [1.54, 1.807) is 22.7 Å². The second-order valence-electron chi connectivity index (χ2n) is 7.79. The topological polar surface area (TPSA) is 58.1 Å². The lowest BCUT2D eigenvalue weighted by Crippen LogP contribution is -2.47. The molecule has 1 fully saturated rings. The van der Waals surface area contributed by atoms with Crippen molar-refractivity contribution in [2.45, 2.75) is 32.2 Å². The number of aromatic nitrogens is 2. The highest BCUT2D eigenvalue weighted by molar-refractivity contribution is 7.22. The summed E-state index contributed by atoms with van der Waals surface area (Å²) in [7, 11) is 0. The summed E-state index contributed by atoms with van der Waals surface area (Å²) in [5, 5.41) is 5.32. The van der Waals surface area contributed by atoms with Crippen LogP contribution >= 0.6 is 22.7 Å². The van der Waals surface area contributed by atoms with Crippen molar-refractivity contribution in [3.63, 3.8) is 0 Å². The number of likely N-dealkylation sites (tertiary alicyclic amines) is 1. The SMILES string of the molecule is Cc1nc(C(=O)N2CCCCC2CNc2nc3ccccc3s2)c(-c2ccccc2)s1. The van der Waals surface area contributed by atoms with Gasteiger partial charge in [-0.25, -0.2) is 9.97 Å². The molecule has 1 saturated heterocycles. The fraction of sp³-hybridized carbons (Fsp3) is 0.292. The first kappa shape index (κ1) is 20.2. The third kappa shape index (κ3) is 4.20. The summed E-state index contributed by atoms with van der Waals surface area (Å²) in [5.74, 6) is 0.0407. The molecule has 0 radical (unpaired) electrons. The van der Waals surface area contributed by atoms with E-state index in [-0.39, 0.29) is 11.9 Å². The summed E-state index contributed by atoms with van der Waals surface area (Å²) in [6, 6.07) is 18.4. The van der Waals surface area contributed by atoms with Gasteiger partial charge in [0.2, 0.25) is 0 Å². The number of nitrogens with one attached hydrogen (secondary N) is 1. The van der Waals surface area contributed by atoms with Crippen LogP contribution in [0.2, 0.25) is 0 Å². The molecule has 4 aromatic rings. The molecule has 5 rings (SSSR count). The molecule has 7 heteroatoms. The van der Waals surface area contributed by atoms with Gasteiger partial charge >= 0.3 is 0 Å². The third-order valence-electron chi connectivity index (χ3n) is 5.64. The molecule has 2 aromatic heterocycles. The second kappa shape index (κ2) is 8.77. The molecule has 1 aliphatic heterocycles. The fourth-order valence-electron chi connectivity index (χ4n) is 4.13. The van der Waals surface area contributed by atoms with Crippen LogP contribution < -0.4 is 5.32 Å². The smallest absolute Gasteiger partial charge is 0.274 e. The van der Waals surface area contributed by atoms with Gasteiger partial charge in [0.05, 0.1) is 20.1 Å². The molecule has 0 bridgehead atoms. The Morgan fingerprint density at radius 3 is 2.71 bits per heavy atom. The van der Waals surface area contributed by atoms with Crippen LogP contribution in [0.15, 0.2) is 54.6 Å². The number of para-hydroxylation sites is 1. The van der Waals surface area contributed by atoms with Gasteiger partial charge in [0.25, 0.3) is 5.91 Å². The lowest BCUT2D eigenvalue weighted by atomic mass is 10.0. The van der Waals surface area contributed by atoms with Crippen molar-refractivity contribution < 1.29 is 4.79 Å². The Bertz CT molecular complexity index is 1170. The Morgan fingerprint density at radius 2 is 1.87 bits per heavy atom. The highest BCUT2D eigenvalue weighted by atomic mass is 32.1. The molecule has 0 spiro atoms. The van der Waals surface area contributed by atoms with Crippen LogP contribution in [0.4, 0.5) is 5.13 Å². The van der Waals surface area contributed by atoms with E-state index in [0.717, 1.165) is 51.9 Å². The predicted octanol–water partition coefficient (Wildman–Crippen LogP) is 5.84. The van der Waals surface area contributed by atoms with Gasteiger partial charge in [-0.15, -0.1) is 11.3 Å². The Kier molecular flexibility index (Phi) is 5.70. The number of piperidine rings is 1. The maximum absolute atomic E-state index is 13.6. The van der Waals surface area contributed by atoms with Crippen molar-refractivity contribution in [2.75, 3.05) is 18.4 Å². The zero-order valence-electron chi connectivity index (χ0n) is 17.4. The molecule has 0 saturated carbocycles. The van der Waals surface area contributed by atoms with Crippen LogP contribution in [0, 0.1) is 6.92 Å². The number of benzene rings is 2. The number of thiazole rings is 2. The largest absolute Gasteiger partial charge is 0.359 e. The molecule has 1 atom stereocenters. The highest BCUT2D eigenvalue weighted by Crippen LogP contribution is 2.32. The number of aryl methyl sites for hydroxylation is 1. The van der Waals surface area contributed by atoms with Crippen molar-refractivity contribution in [3.05, 3.63) is 65.3 Å². The highest BCUT2D eigenvalue weighted by Gasteiger charge is 2.31. The van der Waals surface area contributed by atoms with Crippen molar-refractivity contribution in [3.8, 4) is 10.4 Å². The molecule has 1 unspecified atom stereocenters. The molecule has 0 aliphatic carbocycles. The summed E-state index contributed by atoms with van der Waals surface area (Å²) >= 11 is 3.25. The number of rotatable bonds is 5. The first-order valence-corrected chi connectivity index (χ1v) is 12.3. The lowest BCUT2D eigenvalue weighted by molar-refractivity contribution is 0.0623. The number of amides is 1. The number of carbonyl (C=O) groups is 1. The number of hydrogen-bond acceptors (Lipinski definition) is 6. The maximum atomic E-state index is 13.6. The minimum Gasteiger partial charge on any atom is -0.359 e. The van der Waals surface area contributed by atoms with Crippen LogP contribution in [0.1, 0.15) is 34.8 Å². The lowest BCUT2D eigenvalue weighted by Gasteiger charge is -2.35. The number of carbonyl (C=O) groups excluding carboxylic acids is 1. The van der Waals surface area contributed by atoms with Gasteiger partial charge in [0.1, 0.15) is 5.69 Å². The first-order chi connectivity index (χ1) is 15.2. The van der Waals surface area contributed by atoms with Crippen molar-refractivity contribution >= 4 is 43.9 Å². The number of hydrogen-bond donors (Lipinski definition) is 1. The van der Waals surface area contributed by atoms with Crippen molar-refractivity contribution in [2.24, 2.45) is 0 Å². The standard InChI is InChI=1S/C24H24N4OS2/c1-16-26-21(22(30-16)17-9-3-2-4-10-17)23(29)28-14-8-7-11-18(28)15-25-24-27-19-12-5-6-13-20(19)31-24/h2-6,9-10,12-13,18H,7-8,11,14-15H2,1H3,(H,25,27). The van der Waals surface area contributed by atoms with E-state index in [1.165, 1.54) is 4.70 Å². The molecule has 2 aromatic carbocycles. The molecule has 5 nitrogen and oxygen atoms in total. The number of nitrogens with zero attached hydrogens (tertiary/aromatic N) is 3. The maximum Gasteiger partial charge on any atom is 0.274 e. The van der Waals surface area contributed by atoms with Crippen LogP contribution in [0.3, 0.4) is 0 Å². The third-order valence-corrected chi connectivity index (χ3v) is 7.66. The van der Waals surface area contributed by atoms with E-state index < -0.39 is 0 Å². The molecular weight excluding hydrogens is 424 g/mol. The van der Waals surface area contributed by atoms with E-state index in [1.807, 2.05) is 60.4 Å². The quantitative estimate of drug-likeness (QED) is 0.417. The number of fused-ring (bicyclic) bond motifs is 1. The second-order valence-corrected chi connectivity index (χ2v) is 10.0. The Balaban J connectivity index is 1.36. The molecule has 158 valence electrons. The molecular formula is C24H24N4OS2. The van der Waals surface area contributed by atoms with E-state index >= 15 is 0 Å². The minimum absolute atomic E-state index is 0.0407. The van der Waals surface area contributed by atoms with Gasteiger partial charge in [-0.05, 0) is 43.9 Å². The zero-order chi connectivity index (χ0) is 21.2. The van der Waals surface area contributed by atoms with Crippen LogP contribution in [-0.4, -0.2) is 39.9 Å². The normalized spacial score (nSPS) is 16.5. The van der Waals surface area contributed by atoms with Gasteiger partial charge < -0.3 is 10.2 Å². The van der Waals surface area contributed by atoms with E-state index in [2.05, 4.69) is 21.4 Å². The van der Waals surface area contributed by atoms with Gasteiger partial charge in [-0.3, -0.25) is 4.79 Å². The summed E-state index contributed by atoms with van der Waals surface area (Å²) in [6.07, 6.45) is 3.16. The van der Waals surface area contributed by atoms with Crippen molar-refractivity contribution in [1.29, 1.82) is 0 Å². The van der Waals surface area contributed by atoms with Gasteiger partial charge in [0, 0.05) is 19.1 Å². The zero-order valence-corrected chi connectivity index (χ0v) is 19.0. The van der Waals surface area contributed by atoms with E-state index in [9.17, 15) is 4.79 Å². The first-order valence-electron chi connectivity index (χ1n) is 10.6. The summed E-state index contributed by atoms with van der Waals surface area (Å²) in [5.41, 5.74) is 2.65. The molecule has 3 heterocycles. The van der Waals surface area contributed by atoms with Crippen LogP contribution in [0.5, 0.6) is 0 Å². The van der Waals surface area contributed by atoms with Gasteiger partial charge in [0.15, 0.2) is 5.13 Å². The molecule has 1 amide bonds. The van der Waals surface area contributed by atoms with E-state index in [0.29, 0.717) is 12.2 Å². The Labute approximate surface area is 189 Å².